The number of carbonyl (C=O) groups is 1. The molecule has 19 heavy (non-hydrogen) atoms. The summed E-state index contributed by atoms with van der Waals surface area (Å²) in [5.74, 6) is 0.483. The largest absolute Gasteiger partial charge is 0.476 e. The number of rotatable bonds is 4. The minimum atomic E-state index is -0.179. The van der Waals surface area contributed by atoms with Crippen molar-refractivity contribution in [1.82, 2.24) is 20.1 Å². The lowest BCUT2D eigenvalue weighted by molar-refractivity contribution is 0.0948. The van der Waals surface area contributed by atoms with E-state index in [-0.39, 0.29) is 5.91 Å². The Balaban J connectivity index is 1.54. The van der Waals surface area contributed by atoms with Crippen molar-refractivity contribution < 1.29 is 9.53 Å². The molecule has 2 aromatic rings. The fourth-order valence-corrected chi connectivity index (χ4v) is 1.96. The summed E-state index contributed by atoms with van der Waals surface area (Å²) < 4.78 is 7.02. The summed E-state index contributed by atoms with van der Waals surface area (Å²) in [7, 11) is 0. The van der Waals surface area contributed by atoms with E-state index in [0.29, 0.717) is 37.7 Å². The van der Waals surface area contributed by atoms with Crippen LogP contribution in [-0.2, 0) is 13.0 Å². The maximum atomic E-state index is 11.9. The molecule has 1 aliphatic rings. The van der Waals surface area contributed by atoms with Gasteiger partial charge in [0.1, 0.15) is 6.61 Å². The fourth-order valence-electron chi connectivity index (χ4n) is 1.96. The number of ether oxygens (including phenoxy) is 1. The van der Waals surface area contributed by atoms with E-state index in [0.717, 1.165) is 5.69 Å². The van der Waals surface area contributed by atoms with Gasteiger partial charge in [0.15, 0.2) is 5.69 Å². The summed E-state index contributed by atoms with van der Waals surface area (Å²) in [6.07, 6.45) is 2.45. The van der Waals surface area contributed by atoms with Gasteiger partial charge >= 0.3 is 0 Å². The molecular weight excluding hydrogens is 244 g/mol. The average Bonchev–Trinajstić information content (AvgIpc) is 3.00. The Kier molecular flexibility index (Phi) is 3.14. The number of nitrogens with one attached hydrogen (secondary N) is 1. The molecule has 0 aromatic carbocycles. The van der Waals surface area contributed by atoms with Crippen molar-refractivity contribution in [2.24, 2.45) is 0 Å². The molecule has 0 saturated carbocycles. The number of hydrogen-bond acceptors (Lipinski definition) is 4. The van der Waals surface area contributed by atoms with E-state index in [1.807, 2.05) is 18.2 Å². The van der Waals surface area contributed by atoms with E-state index in [1.54, 1.807) is 16.9 Å². The Morgan fingerprint density at radius 3 is 3.21 bits per heavy atom. The second-order valence-electron chi connectivity index (χ2n) is 4.27. The first kappa shape index (κ1) is 11.7. The number of fused-ring (bicyclic) bond motifs is 1. The van der Waals surface area contributed by atoms with E-state index < -0.39 is 0 Å². The lowest BCUT2D eigenvalue weighted by Crippen LogP contribution is -2.26. The quantitative estimate of drug-likeness (QED) is 0.874. The van der Waals surface area contributed by atoms with Crippen molar-refractivity contribution in [3.8, 4) is 5.88 Å². The van der Waals surface area contributed by atoms with Gasteiger partial charge in [0.05, 0.1) is 6.54 Å². The van der Waals surface area contributed by atoms with Gasteiger partial charge in [0.25, 0.3) is 5.91 Å². The number of hydrogen-bond donors (Lipinski definition) is 1. The maximum absolute atomic E-state index is 11.9. The molecule has 0 spiro atoms. The standard InChI is InChI=1S/C13H14N4O2/c18-13(11-9-12-17(16-11)7-8-19-12)15-6-4-10-3-1-2-5-14-10/h1-3,5,9H,4,6-8H2,(H,15,18). The van der Waals surface area contributed by atoms with Crippen LogP contribution in [0.1, 0.15) is 16.2 Å². The van der Waals surface area contributed by atoms with E-state index >= 15 is 0 Å². The number of amides is 1. The smallest absolute Gasteiger partial charge is 0.271 e. The molecule has 0 atom stereocenters. The van der Waals surface area contributed by atoms with Crippen molar-refractivity contribution in [2.45, 2.75) is 13.0 Å². The van der Waals surface area contributed by atoms with Crippen LogP contribution < -0.4 is 10.1 Å². The van der Waals surface area contributed by atoms with Gasteiger partial charge in [-0.3, -0.25) is 9.78 Å². The van der Waals surface area contributed by atoms with E-state index in [1.165, 1.54) is 0 Å². The first-order valence-electron chi connectivity index (χ1n) is 6.22. The third-order valence-corrected chi connectivity index (χ3v) is 2.92. The van der Waals surface area contributed by atoms with Gasteiger partial charge in [-0.1, -0.05) is 6.07 Å². The van der Waals surface area contributed by atoms with Crippen molar-refractivity contribution in [3.05, 3.63) is 41.9 Å². The number of pyridine rings is 1. The molecular formula is C13H14N4O2. The zero-order chi connectivity index (χ0) is 13.1. The predicted molar refractivity (Wildman–Crippen MR) is 68.0 cm³/mol. The van der Waals surface area contributed by atoms with Crippen molar-refractivity contribution in [1.29, 1.82) is 0 Å². The molecule has 0 saturated heterocycles. The number of aromatic nitrogens is 3. The number of carbonyl (C=O) groups excluding carboxylic acids is 1. The van der Waals surface area contributed by atoms with Gasteiger partial charge in [0, 0.05) is 30.9 Å². The lowest BCUT2D eigenvalue weighted by atomic mass is 10.2. The molecule has 1 amide bonds. The lowest BCUT2D eigenvalue weighted by Gasteiger charge is -2.02. The molecule has 1 N–H and O–H groups in total. The highest BCUT2D eigenvalue weighted by Crippen LogP contribution is 2.18. The van der Waals surface area contributed by atoms with Crippen LogP contribution in [0.3, 0.4) is 0 Å². The zero-order valence-corrected chi connectivity index (χ0v) is 10.4. The van der Waals surface area contributed by atoms with Crippen LogP contribution >= 0.6 is 0 Å². The fraction of sp³-hybridized carbons (Fsp3) is 0.308. The Labute approximate surface area is 110 Å². The molecule has 3 rings (SSSR count). The van der Waals surface area contributed by atoms with Gasteiger partial charge in [-0.05, 0) is 12.1 Å². The van der Waals surface area contributed by atoms with Crippen LogP contribution in [0.2, 0.25) is 0 Å². The third kappa shape index (κ3) is 2.57. The summed E-state index contributed by atoms with van der Waals surface area (Å²) in [6.45, 7) is 1.87. The Morgan fingerprint density at radius 2 is 2.42 bits per heavy atom. The Hall–Kier alpha value is -2.37. The van der Waals surface area contributed by atoms with Crippen LogP contribution in [-0.4, -0.2) is 33.8 Å². The molecule has 98 valence electrons. The monoisotopic (exact) mass is 258 g/mol. The van der Waals surface area contributed by atoms with Crippen LogP contribution in [0.25, 0.3) is 0 Å². The summed E-state index contributed by atoms with van der Waals surface area (Å²) in [5.41, 5.74) is 1.36. The molecule has 6 heteroatoms. The topological polar surface area (TPSA) is 69.0 Å². The minimum Gasteiger partial charge on any atom is -0.476 e. The number of nitrogens with zero attached hydrogens (tertiary/aromatic N) is 3. The molecule has 0 radical (unpaired) electrons. The third-order valence-electron chi connectivity index (χ3n) is 2.92. The van der Waals surface area contributed by atoms with Gasteiger partial charge < -0.3 is 10.1 Å². The van der Waals surface area contributed by atoms with Crippen LogP contribution in [0.4, 0.5) is 0 Å². The summed E-state index contributed by atoms with van der Waals surface area (Å²) >= 11 is 0. The second kappa shape index (κ2) is 5.09. The highest BCUT2D eigenvalue weighted by molar-refractivity contribution is 5.92. The maximum Gasteiger partial charge on any atom is 0.271 e. The molecule has 0 aliphatic carbocycles. The Morgan fingerprint density at radius 1 is 1.47 bits per heavy atom. The molecule has 0 unspecified atom stereocenters. The van der Waals surface area contributed by atoms with Gasteiger partial charge in [-0.25, -0.2) is 4.68 Å². The van der Waals surface area contributed by atoms with Gasteiger partial charge in [-0.2, -0.15) is 5.10 Å². The first-order valence-corrected chi connectivity index (χ1v) is 6.22. The second-order valence-corrected chi connectivity index (χ2v) is 4.27. The summed E-state index contributed by atoms with van der Waals surface area (Å²) in [6, 6.07) is 7.41. The molecule has 0 fully saturated rings. The highest BCUT2D eigenvalue weighted by atomic mass is 16.5. The normalized spacial score (nSPS) is 12.8. The minimum absolute atomic E-state index is 0.179. The van der Waals surface area contributed by atoms with Crippen molar-refractivity contribution in [2.75, 3.05) is 13.2 Å². The van der Waals surface area contributed by atoms with E-state index in [4.69, 9.17) is 4.74 Å². The summed E-state index contributed by atoms with van der Waals surface area (Å²) in [4.78, 5) is 16.1. The van der Waals surface area contributed by atoms with Crippen LogP contribution in [0.15, 0.2) is 30.5 Å². The van der Waals surface area contributed by atoms with Gasteiger partial charge in [0.2, 0.25) is 5.88 Å². The molecule has 0 bridgehead atoms. The first-order chi connectivity index (χ1) is 9.33. The zero-order valence-electron chi connectivity index (χ0n) is 10.4. The molecule has 3 heterocycles. The van der Waals surface area contributed by atoms with E-state index in [2.05, 4.69) is 15.4 Å². The van der Waals surface area contributed by atoms with Crippen molar-refractivity contribution in [3.63, 3.8) is 0 Å². The summed E-state index contributed by atoms with van der Waals surface area (Å²) in [5, 5.41) is 7.01. The molecule has 2 aromatic heterocycles. The van der Waals surface area contributed by atoms with Gasteiger partial charge in [-0.15, -0.1) is 0 Å². The highest BCUT2D eigenvalue weighted by Gasteiger charge is 2.18. The molecule has 1 aliphatic heterocycles. The van der Waals surface area contributed by atoms with Crippen molar-refractivity contribution >= 4 is 5.91 Å². The predicted octanol–water partition coefficient (Wildman–Crippen LogP) is 0.643. The van der Waals surface area contributed by atoms with Crippen LogP contribution in [0.5, 0.6) is 5.88 Å². The van der Waals surface area contributed by atoms with E-state index in [9.17, 15) is 4.79 Å². The molecule has 6 nitrogen and oxygen atoms in total. The Bertz CT molecular complexity index is 558. The van der Waals surface area contributed by atoms with Crippen LogP contribution in [0, 0.1) is 0 Å². The average molecular weight is 258 g/mol. The SMILES string of the molecule is O=C(NCCc1ccccn1)c1cc2n(n1)CCO2.